The van der Waals surface area contributed by atoms with Crippen LogP contribution in [0.15, 0.2) is 60.7 Å². The molecule has 0 radical (unpaired) electrons. The molecule has 1 aliphatic rings. The van der Waals surface area contributed by atoms with E-state index in [9.17, 15) is 0 Å². The Morgan fingerprint density at radius 2 is 1.80 bits per heavy atom. The standard InChI is InChI=1S/C23H28N2/c24-17-11-5-1-2-8-14-20-18-23(19-12-6-3-4-7-13-19)25-22-16-10-9-15-21(20)22/h3-4,6,9-10,12-13,15-16,18H,1-2,5,7-8,11,14,17,24H2. The van der Waals surface area contributed by atoms with E-state index in [0.717, 1.165) is 37.0 Å². The average molecular weight is 332 g/mol. The van der Waals surface area contributed by atoms with Crippen LogP contribution >= 0.6 is 0 Å². The molecule has 1 heterocycles. The van der Waals surface area contributed by atoms with Crippen LogP contribution < -0.4 is 5.73 Å². The zero-order chi connectivity index (χ0) is 17.3. The van der Waals surface area contributed by atoms with Crippen LogP contribution in [-0.2, 0) is 6.42 Å². The van der Waals surface area contributed by atoms with E-state index in [4.69, 9.17) is 10.7 Å². The topological polar surface area (TPSA) is 38.9 Å². The lowest BCUT2D eigenvalue weighted by Crippen LogP contribution is -1.98. The molecule has 0 atom stereocenters. The molecule has 2 N–H and O–H groups in total. The van der Waals surface area contributed by atoms with E-state index in [1.807, 2.05) is 0 Å². The van der Waals surface area contributed by atoms with E-state index in [1.165, 1.54) is 42.2 Å². The summed E-state index contributed by atoms with van der Waals surface area (Å²) in [7, 11) is 0. The number of hydrogen-bond donors (Lipinski definition) is 1. The predicted molar refractivity (Wildman–Crippen MR) is 108 cm³/mol. The van der Waals surface area contributed by atoms with Gasteiger partial charge in [0, 0.05) is 5.39 Å². The summed E-state index contributed by atoms with van der Waals surface area (Å²) in [6.07, 6.45) is 19.1. The number of rotatable bonds is 8. The smallest absolute Gasteiger partial charge is 0.0712 e. The molecule has 0 bridgehead atoms. The van der Waals surface area contributed by atoms with Gasteiger partial charge in [0.1, 0.15) is 0 Å². The lowest BCUT2D eigenvalue weighted by atomic mass is 9.99. The maximum Gasteiger partial charge on any atom is 0.0712 e. The molecule has 2 aromatic rings. The first-order valence-corrected chi connectivity index (χ1v) is 9.51. The summed E-state index contributed by atoms with van der Waals surface area (Å²) < 4.78 is 0. The largest absolute Gasteiger partial charge is 0.330 e. The van der Waals surface area contributed by atoms with Gasteiger partial charge in [0.25, 0.3) is 0 Å². The third-order valence-electron chi connectivity index (χ3n) is 4.74. The molecule has 0 saturated carbocycles. The molecule has 0 spiro atoms. The molecule has 1 aliphatic carbocycles. The van der Waals surface area contributed by atoms with Crippen molar-refractivity contribution in [2.45, 2.75) is 44.9 Å². The Labute approximate surface area is 151 Å². The van der Waals surface area contributed by atoms with Crippen LogP contribution in [0.25, 0.3) is 16.5 Å². The van der Waals surface area contributed by atoms with Gasteiger partial charge in [0.2, 0.25) is 0 Å². The minimum Gasteiger partial charge on any atom is -0.330 e. The molecule has 25 heavy (non-hydrogen) atoms. The SMILES string of the molecule is NCCCCCCCc1cc(C2=CCC=CC=C2)nc2ccccc12. The number of aryl methyl sites for hydroxylation is 1. The summed E-state index contributed by atoms with van der Waals surface area (Å²) in [6, 6.07) is 10.8. The van der Waals surface area contributed by atoms with Crippen molar-refractivity contribution >= 4 is 16.5 Å². The number of aromatic nitrogens is 1. The molecule has 0 amide bonds. The number of benzene rings is 1. The van der Waals surface area contributed by atoms with E-state index < -0.39 is 0 Å². The summed E-state index contributed by atoms with van der Waals surface area (Å²) in [5.41, 5.74) is 10.4. The molecule has 130 valence electrons. The second kappa shape index (κ2) is 9.33. The highest BCUT2D eigenvalue weighted by Crippen LogP contribution is 2.25. The molecule has 0 saturated heterocycles. The van der Waals surface area contributed by atoms with Crippen LogP contribution in [0.5, 0.6) is 0 Å². The van der Waals surface area contributed by atoms with Gasteiger partial charge in [0.15, 0.2) is 0 Å². The molecular weight excluding hydrogens is 304 g/mol. The number of allylic oxidation sites excluding steroid dienone is 6. The Morgan fingerprint density at radius 3 is 2.72 bits per heavy atom. The van der Waals surface area contributed by atoms with Crippen LogP contribution in [0, 0.1) is 0 Å². The zero-order valence-electron chi connectivity index (χ0n) is 15.0. The van der Waals surface area contributed by atoms with Gasteiger partial charge in [-0.25, -0.2) is 4.98 Å². The Kier molecular flexibility index (Phi) is 6.58. The average Bonchev–Trinajstić information content (AvgIpc) is 2.94. The highest BCUT2D eigenvalue weighted by atomic mass is 14.7. The van der Waals surface area contributed by atoms with Gasteiger partial charge in [-0.2, -0.15) is 0 Å². The highest BCUT2D eigenvalue weighted by molar-refractivity contribution is 5.86. The number of pyridine rings is 1. The van der Waals surface area contributed by atoms with Crippen LogP contribution in [0.1, 0.15) is 49.8 Å². The minimum atomic E-state index is 0.815. The quantitative estimate of drug-likeness (QED) is 0.640. The Morgan fingerprint density at radius 1 is 0.960 bits per heavy atom. The third kappa shape index (κ3) is 4.90. The number of fused-ring (bicyclic) bond motifs is 1. The predicted octanol–water partition coefficient (Wildman–Crippen LogP) is 5.59. The van der Waals surface area contributed by atoms with Crippen LogP contribution in [0.3, 0.4) is 0 Å². The first-order chi connectivity index (χ1) is 12.4. The fourth-order valence-corrected chi connectivity index (χ4v) is 3.36. The molecule has 2 nitrogen and oxygen atoms in total. The van der Waals surface area contributed by atoms with E-state index in [0.29, 0.717) is 0 Å². The first kappa shape index (κ1) is 17.6. The van der Waals surface area contributed by atoms with Gasteiger partial charge >= 0.3 is 0 Å². The molecule has 2 heteroatoms. The fourth-order valence-electron chi connectivity index (χ4n) is 3.36. The first-order valence-electron chi connectivity index (χ1n) is 9.51. The summed E-state index contributed by atoms with van der Waals surface area (Å²) in [4.78, 5) is 4.91. The van der Waals surface area contributed by atoms with E-state index in [1.54, 1.807) is 0 Å². The number of para-hydroxylation sites is 1. The molecule has 3 rings (SSSR count). The van der Waals surface area contributed by atoms with Gasteiger partial charge in [-0.05, 0) is 55.5 Å². The van der Waals surface area contributed by atoms with Crippen molar-refractivity contribution < 1.29 is 0 Å². The molecule has 0 unspecified atom stereocenters. The van der Waals surface area contributed by atoms with E-state index in [2.05, 4.69) is 60.7 Å². The van der Waals surface area contributed by atoms with Gasteiger partial charge < -0.3 is 5.73 Å². The van der Waals surface area contributed by atoms with Gasteiger partial charge in [-0.15, -0.1) is 0 Å². The van der Waals surface area contributed by atoms with Crippen LogP contribution in [0.2, 0.25) is 0 Å². The van der Waals surface area contributed by atoms with Crippen molar-refractivity contribution in [2.75, 3.05) is 6.54 Å². The normalized spacial score (nSPS) is 13.9. The molecular formula is C23H28N2. The second-order valence-corrected chi connectivity index (χ2v) is 6.67. The van der Waals surface area contributed by atoms with Gasteiger partial charge in [-0.1, -0.05) is 67.8 Å². The molecule has 1 aromatic carbocycles. The summed E-state index contributed by atoms with van der Waals surface area (Å²) in [6.45, 7) is 0.815. The summed E-state index contributed by atoms with van der Waals surface area (Å²) in [5.74, 6) is 0. The maximum atomic E-state index is 5.57. The van der Waals surface area contributed by atoms with Crippen molar-refractivity contribution in [3.63, 3.8) is 0 Å². The molecule has 1 aromatic heterocycles. The maximum absolute atomic E-state index is 5.57. The molecule has 0 aliphatic heterocycles. The highest BCUT2D eigenvalue weighted by Gasteiger charge is 2.08. The van der Waals surface area contributed by atoms with Crippen LogP contribution in [-0.4, -0.2) is 11.5 Å². The Bertz CT molecular complexity index is 784. The zero-order valence-corrected chi connectivity index (χ0v) is 15.0. The van der Waals surface area contributed by atoms with Crippen molar-refractivity contribution in [3.8, 4) is 0 Å². The summed E-state index contributed by atoms with van der Waals surface area (Å²) in [5, 5.41) is 1.30. The number of nitrogens with two attached hydrogens (primary N) is 1. The molecule has 0 fully saturated rings. The van der Waals surface area contributed by atoms with E-state index in [-0.39, 0.29) is 0 Å². The van der Waals surface area contributed by atoms with Gasteiger partial charge in [0.05, 0.1) is 11.2 Å². The van der Waals surface area contributed by atoms with Crippen molar-refractivity contribution in [1.29, 1.82) is 0 Å². The van der Waals surface area contributed by atoms with Gasteiger partial charge in [-0.3, -0.25) is 0 Å². The number of nitrogens with zero attached hydrogens (tertiary/aromatic N) is 1. The lowest BCUT2D eigenvalue weighted by Gasteiger charge is -2.10. The lowest BCUT2D eigenvalue weighted by molar-refractivity contribution is 0.619. The number of unbranched alkanes of at least 4 members (excludes halogenated alkanes) is 4. The second-order valence-electron chi connectivity index (χ2n) is 6.67. The minimum absolute atomic E-state index is 0.815. The Hall–Kier alpha value is -2.19. The van der Waals surface area contributed by atoms with Crippen molar-refractivity contribution in [2.24, 2.45) is 5.73 Å². The van der Waals surface area contributed by atoms with E-state index >= 15 is 0 Å². The van der Waals surface area contributed by atoms with Crippen molar-refractivity contribution in [1.82, 2.24) is 4.98 Å². The Balaban J connectivity index is 1.79. The summed E-state index contributed by atoms with van der Waals surface area (Å²) >= 11 is 0. The fraction of sp³-hybridized carbons (Fsp3) is 0.348. The monoisotopic (exact) mass is 332 g/mol. The third-order valence-corrected chi connectivity index (χ3v) is 4.74. The number of hydrogen-bond acceptors (Lipinski definition) is 2. The van der Waals surface area contributed by atoms with Crippen LogP contribution in [0.4, 0.5) is 0 Å². The van der Waals surface area contributed by atoms with Crippen molar-refractivity contribution in [3.05, 3.63) is 72.0 Å².